The molecule has 0 spiro atoms. The third-order valence-corrected chi connectivity index (χ3v) is 8.21. The Hall–Kier alpha value is -3.15. The summed E-state index contributed by atoms with van der Waals surface area (Å²) in [6.07, 6.45) is 1.87. The Morgan fingerprint density at radius 1 is 0.969 bits per heavy atom. The minimum atomic E-state index is -3.74. The molecule has 2 heterocycles. The lowest BCUT2D eigenvalue weighted by Crippen LogP contribution is -2.42. The largest absolute Gasteiger partial charge is 0.357 e. The maximum Gasteiger partial charge on any atom is 0.244 e. The van der Waals surface area contributed by atoms with Crippen LogP contribution in [0.2, 0.25) is 0 Å². The Kier molecular flexibility index (Phi) is 5.03. The number of aromatic nitrogens is 1. The molecule has 2 atom stereocenters. The molecule has 0 unspecified atom stereocenters. The minimum absolute atomic E-state index is 0.110. The molecule has 1 aliphatic rings. The highest BCUT2D eigenvalue weighted by Gasteiger charge is 2.42. The van der Waals surface area contributed by atoms with Crippen LogP contribution >= 0.6 is 0 Å². The lowest BCUT2D eigenvalue weighted by atomic mass is 9.87. The molecule has 4 nitrogen and oxygen atoms in total. The highest BCUT2D eigenvalue weighted by molar-refractivity contribution is 7.89. The van der Waals surface area contributed by atoms with Gasteiger partial charge in [-0.25, -0.2) is 8.42 Å². The number of nitrogens with one attached hydrogen (secondary N) is 1. The molecule has 0 bridgehead atoms. The Morgan fingerprint density at radius 3 is 2.34 bits per heavy atom. The Balaban J connectivity index is 1.77. The summed E-state index contributed by atoms with van der Waals surface area (Å²) in [5, 5.41) is 1.13. The summed E-state index contributed by atoms with van der Waals surface area (Å²) in [7, 11) is -3.74. The fourth-order valence-corrected chi connectivity index (χ4v) is 6.36. The van der Waals surface area contributed by atoms with Gasteiger partial charge in [-0.1, -0.05) is 66.2 Å². The summed E-state index contributed by atoms with van der Waals surface area (Å²) in [4.78, 5) is 3.89. The molecule has 1 aliphatic heterocycles. The predicted molar refractivity (Wildman–Crippen MR) is 129 cm³/mol. The highest BCUT2D eigenvalue weighted by Crippen LogP contribution is 2.45. The van der Waals surface area contributed by atoms with Crippen LogP contribution in [0.1, 0.15) is 39.9 Å². The van der Waals surface area contributed by atoms with E-state index >= 15 is 0 Å². The molecule has 0 fully saturated rings. The maximum atomic E-state index is 13.9. The number of aromatic amines is 1. The second-order valence-corrected chi connectivity index (χ2v) is 10.4. The van der Waals surface area contributed by atoms with E-state index in [1.54, 1.807) is 16.4 Å². The van der Waals surface area contributed by atoms with Crippen LogP contribution in [0.4, 0.5) is 0 Å². The number of hydrogen-bond acceptors (Lipinski definition) is 2. The van der Waals surface area contributed by atoms with Crippen molar-refractivity contribution >= 4 is 20.9 Å². The number of rotatable bonds is 4. The lowest BCUT2D eigenvalue weighted by Gasteiger charge is -2.38. The first kappa shape index (κ1) is 20.7. The molecule has 1 aromatic heterocycles. The van der Waals surface area contributed by atoms with Crippen molar-refractivity contribution in [2.24, 2.45) is 0 Å². The van der Waals surface area contributed by atoms with Crippen LogP contribution in [0.5, 0.6) is 0 Å². The molecule has 5 heteroatoms. The number of H-pyrrole nitrogens is 1. The Morgan fingerprint density at radius 2 is 1.66 bits per heavy atom. The van der Waals surface area contributed by atoms with Crippen molar-refractivity contribution in [1.29, 1.82) is 0 Å². The number of fused-ring (bicyclic) bond motifs is 3. The van der Waals surface area contributed by atoms with Gasteiger partial charge in [-0.05, 0) is 48.7 Å². The summed E-state index contributed by atoms with van der Waals surface area (Å²) in [5.41, 5.74) is 6.21. The van der Waals surface area contributed by atoms with E-state index in [0.29, 0.717) is 11.4 Å². The predicted octanol–water partition coefficient (Wildman–Crippen LogP) is 5.85. The summed E-state index contributed by atoms with van der Waals surface area (Å²) in [6, 6.07) is 22.8. The number of hydrogen-bond donors (Lipinski definition) is 1. The standard InChI is InChI=1S/C27H26N2O2S/c1-4-20-17-29(32(30,31)22-13-10-18(2)11-14-22)27(21-8-6-5-7-9-21)26-25(20)23-15-12-19(3)16-24(23)28-26/h4-16,20,27-28H,1,17H2,2-3H3/t20-,27-/m0/s1. The molecule has 0 amide bonds. The molecule has 162 valence electrons. The van der Waals surface area contributed by atoms with Crippen LogP contribution in [-0.2, 0) is 10.0 Å². The summed E-state index contributed by atoms with van der Waals surface area (Å²) in [6.45, 7) is 8.41. The molecule has 32 heavy (non-hydrogen) atoms. The minimum Gasteiger partial charge on any atom is -0.357 e. The normalized spacial score (nSPS) is 19.1. The molecule has 3 aromatic carbocycles. The van der Waals surface area contributed by atoms with Crippen molar-refractivity contribution in [3.8, 4) is 0 Å². The zero-order chi connectivity index (χ0) is 22.5. The van der Waals surface area contributed by atoms with E-state index in [1.807, 2.05) is 55.5 Å². The molecule has 1 N–H and O–H groups in total. The average molecular weight is 443 g/mol. The zero-order valence-electron chi connectivity index (χ0n) is 18.2. The van der Waals surface area contributed by atoms with Crippen LogP contribution < -0.4 is 0 Å². The van der Waals surface area contributed by atoms with E-state index in [-0.39, 0.29) is 5.92 Å². The van der Waals surface area contributed by atoms with Crippen molar-refractivity contribution in [1.82, 2.24) is 9.29 Å². The second-order valence-electron chi connectivity index (χ2n) is 8.54. The van der Waals surface area contributed by atoms with E-state index in [9.17, 15) is 8.42 Å². The summed E-state index contributed by atoms with van der Waals surface area (Å²) < 4.78 is 29.4. The van der Waals surface area contributed by atoms with Crippen molar-refractivity contribution in [2.75, 3.05) is 6.54 Å². The average Bonchev–Trinajstić information content (AvgIpc) is 3.17. The first-order chi connectivity index (χ1) is 15.4. The molecule has 0 aliphatic carbocycles. The van der Waals surface area contributed by atoms with E-state index in [4.69, 9.17) is 0 Å². The van der Waals surface area contributed by atoms with Gasteiger partial charge in [0, 0.05) is 29.1 Å². The van der Waals surface area contributed by atoms with Crippen LogP contribution in [0.15, 0.2) is 90.3 Å². The van der Waals surface area contributed by atoms with E-state index in [2.05, 4.69) is 36.7 Å². The Bertz CT molecular complexity index is 1400. The lowest BCUT2D eigenvalue weighted by molar-refractivity contribution is 0.327. The van der Waals surface area contributed by atoms with Crippen molar-refractivity contribution < 1.29 is 8.42 Å². The number of sulfonamides is 1. The summed E-state index contributed by atoms with van der Waals surface area (Å²) in [5.74, 6) is -0.110. The SMILES string of the molecule is C=C[C@H]1CN(S(=O)(=O)c2ccc(C)cc2)[C@@H](c2ccccc2)c2[nH]c3cc(C)ccc3c21. The monoisotopic (exact) mass is 442 g/mol. The van der Waals surface area contributed by atoms with Crippen molar-refractivity contribution in [3.63, 3.8) is 0 Å². The van der Waals surface area contributed by atoms with Crippen LogP contribution in [0, 0.1) is 13.8 Å². The third-order valence-electron chi connectivity index (χ3n) is 6.36. The van der Waals surface area contributed by atoms with Crippen molar-refractivity contribution in [2.45, 2.75) is 30.7 Å². The first-order valence-electron chi connectivity index (χ1n) is 10.8. The van der Waals surface area contributed by atoms with Gasteiger partial charge in [0.2, 0.25) is 10.0 Å². The number of aryl methyl sites for hydroxylation is 2. The van der Waals surface area contributed by atoms with E-state index in [1.165, 1.54) is 0 Å². The van der Waals surface area contributed by atoms with Crippen LogP contribution in [-0.4, -0.2) is 24.3 Å². The van der Waals surface area contributed by atoms with E-state index < -0.39 is 16.1 Å². The molecular weight excluding hydrogens is 416 g/mol. The molecule has 0 saturated heterocycles. The second kappa shape index (κ2) is 7.76. The molecular formula is C27H26N2O2S. The number of benzene rings is 3. The van der Waals surface area contributed by atoms with Gasteiger partial charge in [0.25, 0.3) is 0 Å². The fraction of sp³-hybridized carbons (Fsp3) is 0.185. The molecule has 4 aromatic rings. The molecule has 5 rings (SSSR count). The quantitative estimate of drug-likeness (QED) is 0.403. The van der Waals surface area contributed by atoms with Crippen LogP contribution in [0.25, 0.3) is 10.9 Å². The van der Waals surface area contributed by atoms with Gasteiger partial charge in [0.1, 0.15) is 0 Å². The van der Waals surface area contributed by atoms with Gasteiger partial charge in [-0.3, -0.25) is 0 Å². The third kappa shape index (κ3) is 3.29. The smallest absolute Gasteiger partial charge is 0.244 e. The molecule has 0 saturated carbocycles. The highest BCUT2D eigenvalue weighted by atomic mass is 32.2. The van der Waals surface area contributed by atoms with Gasteiger partial charge in [-0.2, -0.15) is 4.31 Å². The van der Waals surface area contributed by atoms with Crippen molar-refractivity contribution in [3.05, 3.63) is 113 Å². The first-order valence-corrected chi connectivity index (χ1v) is 12.2. The Labute approximate surface area is 189 Å². The number of nitrogens with zero attached hydrogens (tertiary/aromatic N) is 1. The van der Waals surface area contributed by atoms with Gasteiger partial charge in [-0.15, -0.1) is 6.58 Å². The van der Waals surface area contributed by atoms with Gasteiger partial charge < -0.3 is 4.98 Å². The summed E-state index contributed by atoms with van der Waals surface area (Å²) >= 11 is 0. The van der Waals surface area contributed by atoms with Gasteiger partial charge in [0.05, 0.1) is 10.9 Å². The van der Waals surface area contributed by atoms with Gasteiger partial charge in [0.15, 0.2) is 0 Å². The fourth-order valence-electron chi connectivity index (χ4n) is 4.75. The van der Waals surface area contributed by atoms with E-state index in [0.717, 1.165) is 38.9 Å². The molecule has 0 radical (unpaired) electrons. The maximum absolute atomic E-state index is 13.9. The van der Waals surface area contributed by atoms with Crippen LogP contribution in [0.3, 0.4) is 0 Å². The van der Waals surface area contributed by atoms with Gasteiger partial charge >= 0.3 is 0 Å². The zero-order valence-corrected chi connectivity index (χ0v) is 19.1. The topological polar surface area (TPSA) is 53.2 Å².